The Morgan fingerprint density at radius 1 is 0.724 bits per heavy atom. The minimum Gasteiger partial charge on any atom is -0.508 e. The maximum absolute atomic E-state index is 13.6. The van der Waals surface area contributed by atoms with E-state index in [1.165, 1.54) is 28.9 Å². The smallest absolute Gasteiger partial charge is 0.315 e. The molecule has 2 fully saturated rings. The predicted molar refractivity (Wildman–Crippen MR) is 332 cm³/mol. The van der Waals surface area contributed by atoms with Crippen LogP contribution in [-0.4, -0.2) is 158 Å². The van der Waals surface area contributed by atoms with Gasteiger partial charge in [0.05, 0.1) is 19.0 Å². The van der Waals surface area contributed by atoms with E-state index in [9.17, 15) is 39.9 Å². The second-order valence-corrected chi connectivity index (χ2v) is 21.6. The van der Waals surface area contributed by atoms with Crippen LogP contribution in [0.1, 0.15) is 115 Å². The number of ether oxygens (including phenoxy) is 2. The third kappa shape index (κ3) is 19.2. The zero-order valence-electron chi connectivity index (χ0n) is 49.4. The monoisotopic (exact) mass is 1190 g/mol. The second kappa shape index (κ2) is 34.3. The van der Waals surface area contributed by atoms with E-state index in [0.717, 1.165) is 101 Å². The van der Waals surface area contributed by atoms with Crippen molar-refractivity contribution < 1.29 is 49.4 Å². The number of aliphatic hydroxyl groups is 4. The van der Waals surface area contributed by atoms with Gasteiger partial charge in [-0.25, -0.2) is 24.7 Å². The summed E-state index contributed by atoms with van der Waals surface area (Å²) in [7, 11) is 0. The molecule has 87 heavy (non-hydrogen) atoms. The van der Waals surface area contributed by atoms with Crippen LogP contribution in [0.5, 0.6) is 5.75 Å². The van der Waals surface area contributed by atoms with E-state index in [-0.39, 0.29) is 66.2 Å². The molecule has 3 aromatic heterocycles. The fourth-order valence-electron chi connectivity index (χ4n) is 10.6. The van der Waals surface area contributed by atoms with Crippen LogP contribution in [0.15, 0.2) is 140 Å². The molecule has 7 aromatic rings. The van der Waals surface area contributed by atoms with E-state index < -0.39 is 42.5 Å². The highest BCUT2D eigenvalue weighted by Gasteiger charge is 2.48. The molecular weight excluding hydrogens is 1110 g/mol. The van der Waals surface area contributed by atoms with Crippen LogP contribution in [-0.2, 0) is 27.3 Å². The van der Waals surface area contributed by atoms with E-state index in [0.29, 0.717) is 30.8 Å². The van der Waals surface area contributed by atoms with Crippen molar-refractivity contribution in [2.45, 2.75) is 114 Å². The van der Waals surface area contributed by atoms with Crippen molar-refractivity contribution >= 4 is 40.6 Å². The summed E-state index contributed by atoms with van der Waals surface area (Å²) < 4.78 is 13.0. The number of unbranched alkanes of at least 4 members (excludes halogenated alkanes) is 4. The molecule has 4 aromatic carbocycles. The van der Waals surface area contributed by atoms with E-state index >= 15 is 0 Å². The lowest BCUT2D eigenvalue weighted by Gasteiger charge is -2.33. The summed E-state index contributed by atoms with van der Waals surface area (Å²) in [4.78, 5) is 59.2. The van der Waals surface area contributed by atoms with Gasteiger partial charge in [0.1, 0.15) is 23.8 Å². The summed E-state index contributed by atoms with van der Waals surface area (Å²) in [5.41, 5.74) is 5.07. The first kappa shape index (κ1) is 64.9. The van der Waals surface area contributed by atoms with Gasteiger partial charge < -0.3 is 71.8 Å². The van der Waals surface area contributed by atoms with Crippen LogP contribution in [0.2, 0.25) is 0 Å². The van der Waals surface area contributed by atoms with Crippen LogP contribution >= 0.6 is 0 Å². The first-order valence-electron chi connectivity index (χ1n) is 30.3. The molecule has 0 saturated carbocycles. The number of carbonyl (C=O) groups excluding carboxylic acids is 3. The van der Waals surface area contributed by atoms with Gasteiger partial charge in [-0.2, -0.15) is 0 Å². The number of piperidine rings is 1. The number of imidazole rings is 1. The number of aliphatic hydroxyl groups excluding tert-OH is 4. The molecule has 0 radical (unpaired) electrons. The molecule has 2 aliphatic rings. The molecule has 11 N–H and O–H groups in total. The fourth-order valence-corrected chi connectivity index (χ4v) is 10.6. The average molecular weight is 1190 g/mol. The minimum atomic E-state index is -1.53. The number of urea groups is 1. The minimum absolute atomic E-state index is 0.0126. The standard InChI is InChI=1S/C40H47N11O6.C25H37NO4/c1-2-41-37(54)33-31(52)32(53)39(57-33)51-24-46-30-34(45-23-28(25-11-5-3-6-12-25)26-13-7-4-8-14-26)48-35(49-36(30)51)38(55)43-19-20-44-40(56)47-27-16-21-50(22-17-27)29-15-9-10-18-42-29;27-20-23-18-22(13-14-24(23)28)25(29)19-26-15-7-1-2-8-16-30-17-9-6-12-21-10-4-3-5-11-21/h3-15,18,24,27-28,31-33,39,52-53H,2,16-17,19-23H2,1H3,(H,41,54)(H,43,55)(H2,44,47,56)(H,45,48,49);3-5,10-11,13-14,18,25-29H,1-2,6-9,12,15-17,19-20H2/t31-,32+,33-,39+;/m0./s1. The number of likely N-dealkylation sites (N-methyl/N-ethyl adjacent to an activating group) is 1. The topological polar surface area (TPSA) is 303 Å². The van der Waals surface area contributed by atoms with E-state index in [1.807, 2.05) is 78.9 Å². The second-order valence-electron chi connectivity index (χ2n) is 21.6. The number of fused-ring (bicyclic) bond motifs is 1. The number of amides is 4. The largest absolute Gasteiger partial charge is 0.508 e. The molecule has 9 rings (SSSR count). The number of carbonyl (C=O) groups is 3. The molecule has 1 unspecified atom stereocenters. The van der Waals surface area contributed by atoms with E-state index in [4.69, 9.17) is 9.47 Å². The van der Waals surface area contributed by atoms with Gasteiger partial charge in [-0.05, 0) is 105 Å². The third-order valence-electron chi connectivity index (χ3n) is 15.4. The van der Waals surface area contributed by atoms with Crippen molar-refractivity contribution in [3.05, 3.63) is 174 Å². The highest BCUT2D eigenvalue weighted by Crippen LogP contribution is 2.34. The summed E-state index contributed by atoms with van der Waals surface area (Å²) >= 11 is 0. The van der Waals surface area contributed by atoms with Crippen LogP contribution in [0, 0.1) is 0 Å². The normalized spacial score (nSPS) is 17.1. The molecule has 22 heteroatoms. The molecule has 2 aliphatic heterocycles. The molecule has 22 nitrogen and oxygen atoms in total. The first-order valence-corrected chi connectivity index (χ1v) is 30.3. The Kier molecular flexibility index (Phi) is 25.6. The summed E-state index contributed by atoms with van der Waals surface area (Å²) in [6.45, 7) is 6.96. The number of phenols is 1. The summed E-state index contributed by atoms with van der Waals surface area (Å²) in [5.74, 6) is -0.279. The summed E-state index contributed by atoms with van der Waals surface area (Å²) in [6, 6.07) is 40.9. The lowest BCUT2D eigenvalue weighted by Crippen LogP contribution is -2.49. The molecule has 464 valence electrons. The van der Waals surface area contributed by atoms with E-state index in [2.05, 4.69) is 87.1 Å². The zero-order chi connectivity index (χ0) is 61.2. The summed E-state index contributed by atoms with van der Waals surface area (Å²) in [6.07, 6.45) is 6.30. The molecular formula is C65H84N12O10. The number of aromatic nitrogens is 5. The number of aromatic hydroxyl groups is 1. The number of hydrogen-bond donors (Lipinski definition) is 11. The van der Waals surface area contributed by atoms with Gasteiger partial charge in [-0.3, -0.25) is 14.2 Å². The molecule has 2 saturated heterocycles. The number of pyridine rings is 1. The van der Waals surface area contributed by atoms with E-state index in [1.54, 1.807) is 25.3 Å². The molecule has 4 amide bonds. The Balaban J connectivity index is 0.000000276. The SMILES string of the molecule is CCNC(=O)[C@H]1O[C@@H](n2cnc3c(NCC(c4ccccc4)c4ccccc4)nc(C(=O)NCCNC(=O)NC4CCN(c5ccccn5)CC4)nc32)[C@H](O)[C@@H]1O.OCc1cc(C(O)CNCCCCCCOCCCCc2ccccc2)ccc1O. The molecule has 0 spiro atoms. The number of benzene rings is 4. The number of nitrogens with one attached hydrogen (secondary N) is 6. The Bertz CT molecular complexity index is 3140. The third-order valence-corrected chi connectivity index (χ3v) is 15.4. The van der Waals surface area contributed by atoms with Crippen LogP contribution in [0.25, 0.3) is 11.2 Å². The Hall–Kier alpha value is -8.09. The number of nitrogens with zero attached hydrogens (tertiary/aromatic N) is 6. The molecule has 0 aliphatic carbocycles. The van der Waals surface area contributed by atoms with Crippen LogP contribution < -0.4 is 36.8 Å². The van der Waals surface area contributed by atoms with Crippen molar-refractivity contribution in [2.75, 3.05) is 75.8 Å². The molecule has 5 heterocycles. The number of hydrogen-bond acceptors (Lipinski definition) is 17. The highest BCUT2D eigenvalue weighted by atomic mass is 16.6. The van der Waals surface area contributed by atoms with Crippen molar-refractivity contribution in [1.29, 1.82) is 0 Å². The Labute approximate surface area is 508 Å². The fraction of sp³-hybridized carbons (Fsp3) is 0.431. The molecule has 0 bridgehead atoms. The van der Waals surface area contributed by atoms with Crippen molar-refractivity contribution in [2.24, 2.45) is 0 Å². The zero-order valence-corrected chi connectivity index (χ0v) is 49.4. The number of aryl methyl sites for hydroxylation is 1. The summed E-state index contributed by atoms with van der Waals surface area (Å²) in [5, 5.41) is 68.6. The lowest BCUT2D eigenvalue weighted by atomic mass is 9.91. The quantitative estimate of drug-likeness (QED) is 0.0229. The van der Waals surface area contributed by atoms with Gasteiger partial charge in [0, 0.05) is 82.7 Å². The van der Waals surface area contributed by atoms with Gasteiger partial charge in [0.2, 0.25) is 5.82 Å². The van der Waals surface area contributed by atoms with Crippen molar-refractivity contribution in [3.63, 3.8) is 0 Å². The predicted octanol–water partition coefficient (Wildman–Crippen LogP) is 6.03. The van der Waals surface area contributed by atoms with Gasteiger partial charge in [-0.1, -0.05) is 116 Å². The van der Waals surface area contributed by atoms with Crippen molar-refractivity contribution in [1.82, 2.24) is 51.1 Å². The Morgan fingerprint density at radius 3 is 2.09 bits per heavy atom. The van der Waals surface area contributed by atoms with Crippen LogP contribution in [0.3, 0.4) is 0 Å². The van der Waals surface area contributed by atoms with Gasteiger partial charge in [0.25, 0.3) is 11.8 Å². The highest BCUT2D eigenvalue weighted by molar-refractivity contribution is 5.94. The van der Waals surface area contributed by atoms with Crippen LogP contribution in [0.4, 0.5) is 16.4 Å². The Morgan fingerprint density at radius 2 is 1.40 bits per heavy atom. The van der Waals surface area contributed by atoms with Gasteiger partial charge in [0.15, 0.2) is 29.3 Å². The number of rotatable bonds is 30. The number of anilines is 2. The van der Waals surface area contributed by atoms with Gasteiger partial charge in [-0.15, -0.1) is 0 Å². The average Bonchev–Trinajstić information content (AvgIpc) is 2.35. The first-order chi connectivity index (χ1) is 42.5. The van der Waals surface area contributed by atoms with Crippen molar-refractivity contribution in [3.8, 4) is 5.75 Å². The maximum atomic E-state index is 13.6. The maximum Gasteiger partial charge on any atom is 0.315 e. The van der Waals surface area contributed by atoms with Gasteiger partial charge >= 0.3 is 6.03 Å². The molecule has 5 atom stereocenters. The lowest BCUT2D eigenvalue weighted by molar-refractivity contribution is -0.137.